The molecule has 0 aliphatic heterocycles. The van der Waals surface area contributed by atoms with Crippen LogP contribution in [-0.4, -0.2) is 0 Å². The van der Waals surface area contributed by atoms with E-state index in [1.54, 1.807) is 16.7 Å². The fourth-order valence-electron chi connectivity index (χ4n) is 2.36. The predicted octanol–water partition coefficient (Wildman–Crippen LogP) is 3.46. The molecule has 0 atom stereocenters. The molecule has 0 aromatic heterocycles. The first-order valence-electron chi connectivity index (χ1n) is 4.92. The lowest BCUT2D eigenvalue weighted by Crippen LogP contribution is -2.04. The fourth-order valence-corrected chi connectivity index (χ4v) is 2.36. The van der Waals surface area contributed by atoms with Gasteiger partial charge >= 0.3 is 0 Å². The average molecular weight is 168 g/mol. The number of hydrogen-bond donors (Lipinski definition) is 0. The summed E-state index contributed by atoms with van der Waals surface area (Å²) in [4.78, 5) is 0. The Bertz CT molecular complexity index is 398. The summed E-state index contributed by atoms with van der Waals surface area (Å²) in [6.45, 7) is 0. The summed E-state index contributed by atoms with van der Waals surface area (Å²) in [5, 5.41) is 0. The van der Waals surface area contributed by atoms with Gasteiger partial charge in [-0.1, -0.05) is 36.5 Å². The van der Waals surface area contributed by atoms with E-state index in [1.807, 2.05) is 0 Å². The lowest BCUT2D eigenvalue weighted by atomic mass is 9.82. The molecule has 0 radical (unpaired) electrons. The van der Waals surface area contributed by atoms with Crippen LogP contribution in [0.3, 0.4) is 0 Å². The van der Waals surface area contributed by atoms with Crippen molar-refractivity contribution >= 4 is 0 Å². The van der Waals surface area contributed by atoms with Crippen LogP contribution in [0.2, 0.25) is 0 Å². The van der Waals surface area contributed by atoms with E-state index in [0.29, 0.717) is 0 Å². The normalized spacial score (nSPS) is 24.0. The quantitative estimate of drug-likeness (QED) is 0.519. The second kappa shape index (κ2) is 2.59. The molecule has 0 saturated carbocycles. The van der Waals surface area contributed by atoms with Crippen molar-refractivity contribution in [2.75, 3.05) is 0 Å². The van der Waals surface area contributed by atoms with Crippen LogP contribution in [0.1, 0.15) is 19.3 Å². The molecular weight excluding hydrogens is 156 g/mol. The van der Waals surface area contributed by atoms with Crippen LogP contribution in [0.5, 0.6) is 0 Å². The zero-order valence-electron chi connectivity index (χ0n) is 7.59. The third kappa shape index (κ3) is 0.983. The van der Waals surface area contributed by atoms with Crippen molar-refractivity contribution in [3.05, 3.63) is 58.7 Å². The third-order valence-corrected chi connectivity index (χ3v) is 3.04. The predicted molar refractivity (Wildman–Crippen MR) is 55.3 cm³/mol. The Kier molecular flexibility index (Phi) is 1.42. The van der Waals surface area contributed by atoms with Crippen LogP contribution >= 0.6 is 0 Å². The van der Waals surface area contributed by atoms with Crippen molar-refractivity contribution in [2.45, 2.75) is 19.3 Å². The van der Waals surface area contributed by atoms with Gasteiger partial charge in [0.1, 0.15) is 0 Å². The zero-order chi connectivity index (χ0) is 8.67. The van der Waals surface area contributed by atoms with E-state index in [2.05, 4.69) is 36.5 Å². The summed E-state index contributed by atoms with van der Waals surface area (Å²) in [6, 6.07) is 0. The molecule has 0 heterocycles. The maximum absolute atomic E-state index is 2.27. The van der Waals surface area contributed by atoms with Crippen molar-refractivity contribution < 1.29 is 0 Å². The van der Waals surface area contributed by atoms with E-state index in [9.17, 15) is 0 Å². The Balaban J connectivity index is 2.19. The topological polar surface area (TPSA) is 0 Å². The van der Waals surface area contributed by atoms with E-state index < -0.39 is 0 Å². The molecule has 0 aromatic carbocycles. The largest absolute Gasteiger partial charge is 0.0801 e. The highest BCUT2D eigenvalue weighted by Gasteiger charge is 2.20. The summed E-state index contributed by atoms with van der Waals surface area (Å²) in [5.41, 5.74) is 6.17. The highest BCUT2D eigenvalue weighted by Crippen LogP contribution is 2.39. The summed E-state index contributed by atoms with van der Waals surface area (Å²) < 4.78 is 0. The first-order chi connectivity index (χ1) is 6.45. The second-order valence-corrected chi connectivity index (χ2v) is 3.77. The monoisotopic (exact) mass is 168 g/mol. The summed E-state index contributed by atoms with van der Waals surface area (Å²) in [6.07, 6.45) is 17.0. The van der Waals surface area contributed by atoms with Gasteiger partial charge in [-0.3, -0.25) is 0 Å². The molecule has 3 aliphatic carbocycles. The standard InChI is InChI=1S/C13H12/c1-2-6-12-10(4-1)8-9-11-5-3-7-13(11)12/h1-5,7H,6,8-9H2. The molecule has 64 valence electrons. The Hall–Kier alpha value is -1.30. The molecule has 3 aliphatic rings. The first kappa shape index (κ1) is 7.14. The van der Waals surface area contributed by atoms with Crippen molar-refractivity contribution in [1.82, 2.24) is 0 Å². The van der Waals surface area contributed by atoms with E-state index in [0.717, 1.165) is 6.42 Å². The molecule has 0 nitrogen and oxygen atoms in total. The minimum Gasteiger partial charge on any atom is -0.0801 e. The number of fused-ring (bicyclic) bond motifs is 2. The molecule has 3 rings (SSSR count). The van der Waals surface area contributed by atoms with Gasteiger partial charge < -0.3 is 0 Å². The van der Waals surface area contributed by atoms with Gasteiger partial charge in [0.05, 0.1) is 0 Å². The van der Waals surface area contributed by atoms with Crippen molar-refractivity contribution in [2.24, 2.45) is 0 Å². The Labute approximate surface area is 78.7 Å². The molecule has 0 saturated heterocycles. The van der Waals surface area contributed by atoms with Gasteiger partial charge in [0, 0.05) is 0 Å². The summed E-state index contributed by atoms with van der Waals surface area (Å²) >= 11 is 0. The van der Waals surface area contributed by atoms with Crippen LogP contribution in [-0.2, 0) is 0 Å². The molecular formula is C13H12. The molecule has 0 N–H and O–H groups in total. The van der Waals surface area contributed by atoms with Crippen LogP contribution in [0.4, 0.5) is 0 Å². The first-order valence-corrected chi connectivity index (χ1v) is 4.92. The van der Waals surface area contributed by atoms with Crippen molar-refractivity contribution in [1.29, 1.82) is 0 Å². The Morgan fingerprint density at radius 2 is 1.77 bits per heavy atom. The van der Waals surface area contributed by atoms with Gasteiger partial charge in [0.2, 0.25) is 0 Å². The number of allylic oxidation sites excluding steroid dienone is 10. The van der Waals surface area contributed by atoms with Crippen LogP contribution in [0.15, 0.2) is 58.7 Å². The average Bonchev–Trinajstić information content (AvgIpc) is 2.65. The van der Waals surface area contributed by atoms with Gasteiger partial charge in [-0.25, -0.2) is 0 Å². The van der Waals surface area contributed by atoms with Crippen molar-refractivity contribution in [3.8, 4) is 0 Å². The highest BCUT2D eigenvalue weighted by molar-refractivity contribution is 5.60. The van der Waals surface area contributed by atoms with Gasteiger partial charge in [-0.15, -0.1) is 0 Å². The van der Waals surface area contributed by atoms with Gasteiger partial charge in [0.15, 0.2) is 0 Å². The van der Waals surface area contributed by atoms with Crippen LogP contribution < -0.4 is 0 Å². The number of hydrogen-bond acceptors (Lipinski definition) is 0. The number of rotatable bonds is 0. The highest BCUT2D eigenvalue weighted by atomic mass is 14.3. The maximum Gasteiger partial charge on any atom is -0.00855 e. The van der Waals surface area contributed by atoms with E-state index >= 15 is 0 Å². The lowest BCUT2D eigenvalue weighted by molar-refractivity contribution is 0.886. The third-order valence-electron chi connectivity index (χ3n) is 3.04. The Morgan fingerprint density at radius 1 is 0.923 bits per heavy atom. The van der Waals surface area contributed by atoms with Crippen LogP contribution in [0.25, 0.3) is 0 Å². The van der Waals surface area contributed by atoms with Crippen molar-refractivity contribution in [3.63, 3.8) is 0 Å². The fraction of sp³-hybridized carbons (Fsp3) is 0.231. The Morgan fingerprint density at radius 3 is 2.77 bits per heavy atom. The minimum atomic E-state index is 1.13. The minimum absolute atomic E-state index is 1.13. The zero-order valence-corrected chi connectivity index (χ0v) is 7.59. The van der Waals surface area contributed by atoms with Gasteiger partial charge in [-0.05, 0) is 41.6 Å². The van der Waals surface area contributed by atoms with E-state index in [-0.39, 0.29) is 0 Å². The van der Waals surface area contributed by atoms with E-state index in [1.165, 1.54) is 18.4 Å². The van der Waals surface area contributed by atoms with Crippen LogP contribution in [0, 0.1) is 0 Å². The summed E-state index contributed by atoms with van der Waals surface area (Å²) in [5.74, 6) is 0. The lowest BCUT2D eigenvalue weighted by Gasteiger charge is -2.23. The molecule has 0 bridgehead atoms. The molecule has 0 fully saturated rings. The molecule has 0 spiro atoms. The van der Waals surface area contributed by atoms with Gasteiger partial charge in [0.25, 0.3) is 0 Å². The maximum atomic E-state index is 2.27. The summed E-state index contributed by atoms with van der Waals surface area (Å²) in [7, 11) is 0. The molecule has 0 amide bonds. The molecule has 13 heavy (non-hydrogen) atoms. The van der Waals surface area contributed by atoms with Gasteiger partial charge in [-0.2, -0.15) is 0 Å². The SMILES string of the molecule is C1=CCC2=C3C=CC=C3CCC2=C1. The molecule has 0 aromatic rings. The molecule has 0 heteroatoms. The smallest absolute Gasteiger partial charge is 0.00855 e. The molecule has 0 unspecified atom stereocenters. The van der Waals surface area contributed by atoms with E-state index in [4.69, 9.17) is 0 Å². The second-order valence-electron chi connectivity index (χ2n) is 3.77.